The summed E-state index contributed by atoms with van der Waals surface area (Å²) in [6, 6.07) is 0. The lowest BCUT2D eigenvalue weighted by Crippen LogP contribution is -2.64. The van der Waals surface area contributed by atoms with E-state index in [1.807, 2.05) is 69.2 Å². The van der Waals surface area contributed by atoms with Gasteiger partial charge in [0.2, 0.25) is 5.90 Å². The van der Waals surface area contributed by atoms with Gasteiger partial charge in [0.1, 0.15) is 0 Å². The third-order valence-electron chi connectivity index (χ3n) is 5.96. The summed E-state index contributed by atoms with van der Waals surface area (Å²) in [6.07, 6.45) is -4.59. The highest BCUT2D eigenvalue weighted by atomic mass is 16.7. The molecule has 0 spiro atoms. The van der Waals surface area contributed by atoms with Crippen molar-refractivity contribution in [1.29, 1.82) is 0 Å². The van der Waals surface area contributed by atoms with E-state index in [4.69, 9.17) is 14.0 Å². The molecule has 1 atom stereocenters. The summed E-state index contributed by atoms with van der Waals surface area (Å²) in [7, 11) is 0.478. The molecule has 2 N–H and O–H groups in total. The second-order valence-corrected chi connectivity index (χ2v) is 11.1. The number of amides is 2. The number of methoxy groups -OCH3 is 1. The van der Waals surface area contributed by atoms with E-state index in [1.165, 1.54) is 7.11 Å². The highest BCUT2D eigenvalue weighted by Crippen LogP contribution is 2.46. The fraction of sp³-hybridized carbons (Fsp3) is 0.762. The molecule has 0 aliphatic carbocycles. The van der Waals surface area contributed by atoms with Gasteiger partial charge in [0.15, 0.2) is 6.17 Å². The summed E-state index contributed by atoms with van der Waals surface area (Å²) in [5, 5.41) is 19.5. The van der Waals surface area contributed by atoms with Crippen LogP contribution in [0.15, 0.2) is 16.3 Å². The zero-order valence-electron chi connectivity index (χ0n) is 20.9. The van der Waals surface area contributed by atoms with Crippen molar-refractivity contribution >= 4 is 25.2 Å². The molecule has 0 aromatic carbocycles. The maximum absolute atomic E-state index is 12.0. The van der Waals surface area contributed by atoms with Crippen molar-refractivity contribution in [3.05, 3.63) is 11.3 Å². The maximum Gasteiger partial charge on any atom is 0.516 e. The van der Waals surface area contributed by atoms with Crippen LogP contribution in [0.3, 0.4) is 0 Å². The second-order valence-electron chi connectivity index (χ2n) is 11.1. The van der Waals surface area contributed by atoms with E-state index in [9.17, 15) is 19.8 Å². The zero-order valence-corrected chi connectivity index (χ0v) is 20.9. The van der Waals surface area contributed by atoms with Gasteiger partial charge in [-0.25, -0.2) is 14.6 Å². The molecule has 1 unspecified atom stereocenters. The number of hydrogen-bond donors (Lipinski definition) is 2. The SMILES string of the molecule is COC1=NC(B2OC(C)(C)C(C)(C)O2)=C(C(C)(C)C)N(C(C)(C)C)C1N(C(=O)O)C(=O)O. The van der Waals surface area contributed by atoms with Crippen molar-refractivity contribution in [2.45, 2.75) is 92.1 Å². The summed E-state index contributed by atoms with van der Waals surface area (Å²) in [5.74, 6) is -0.0811. The van der Waals surface area contributed by atoms with Crippen molar-refractivity contribution in [1.82, 2.24) is 9.80 Å². The van der Waals surface area contributed by atoms with Gasteiger partial charge >= 0.3 is 19.3 Å². The molecular formula is C21H36BN3O7. The van der Waals surface area contributed by atoms with Crippen LogP contribution in [-0.4, -0.2) is 75.2 Å². The molecule has 11 heteroatoms. The first kappa shape index (κ1) is 26.0. The number of hydrogen-bond acceptors (Lipinski definition) is 7. The molecule has 0 radical (unpaired) electrons. The van der Waals surface area contributed by atoms with Crippen LogP contribution in [0.5, 0.6) is 0 Å². The third kappa shape index (κ3) is 4.45. The highest BCUT2D eigenvalue weighted by molar-refractivity contribution is 6.55. The summed E-state index contributed by atoms with van der Waals surface area (Å²) >= 11 is 0. The molecule has 2 rings (SSSR count). The lowest BCUT2D eigenvalue weighted by atomic mass is 9.74. The molecule has 0 bridgehead atoms. The number of nitrogens with zero attached hydrogens (tertiary/aromatic N) is 3. The average Bonchev–Trinajstić information content (AvgIpc) is 2.79. The van der Waals surface area contributed by atoms with E-state index < -0.39 is 47.6 Å². The number of carbonyl (C=O) groups is 2. The Morgan fingerprint density at radius 1 is 1.03 bits per heavy atom. The van der Waals surface area contributed by atoms with Crippen LogP contribution < -0.4 is 0 Å². The first-order valence-corrected chi connectivity index (χ1v) is 10.5. The Morgan fingerprint density at radius 3 is 1.78 bits per heavy atom. The maximum atomic E-state index is 12.0. The van der Waals surface area contributed by atoms with E-state index in [0.717, 1.165) is 0 Å². The van der Waals surface area contributed by atoms with Gasteiger partial charge in [-0.1, -0.05) is 20.8 Å². The van der Waals surface area contributed by atoms with Gasteiger partial charge < -0.3 is 29.2 Å². The fourth-order valence-electron chi connectivity index (χ4n) is 3.82. The van der Waals surface area contributed by atoms with Crippen molar-refractivity contribution < 1.29 is 33.8 Å². The van der Waals surface area contributed by atoms with E-state index in [-0.39, 0.29) is 5.90 Å². The van der Waals surface area contributed by atoms with Gasteiger partial charge in [-0.15, -0.1) is 0 Å². The van der Waals surface area contributed by atoms with Crippen LogP contribution in [0.1, 0.15) is 69.2 Å². The van der Waals surface area contributed by atoms with E-state index in [2.05, 4.69) is 4.99 Å². The summed E-state index contributed by atoms with van der Waals surface area (Å²) in [6.45, 7) is 19.2. The van der Waals surface area contributed by atoms with Crippen LogP contribution in [0.25, 0.3) is 0 Å². The number of imide groups is 1. The van der Waals surface area contributed by atoms with Crippen LogP contribution in [-0.2, 0) is 14.0 Å². The van der Waals surface area contributed by atoms with Crippen LogP contribution in [0.2, 0.25) is 0 Å². The number of ether oxygens (including phenoxy) is 1. The zero-order chi connectivity index (χ0) is 25.0. The molecule has 10 nitrogen and oxygen atoms in total. The molecule has 0 aromatic heterocycles. The van der Waals surface area contributed by atoms with Gasteiger partial charge in [0.25, 0.3) is 0 Å². The number of aliphatic imine (C=N–C) groups is 1. The Bertz CT molecular complexity index is 822. The van der Waals surface area contributed by atoms with Crippen molar-refractivity contribution in [3.63, 3.8) is 0 Å². The monoisotopic (exact) mass is 453 g/mol. The van der Waals surface area contributed by atoms with Crippen molar-refractivity contribution in [2.24, 2.45) is 10.4 Å². The number of rotatable bonds is 2. The lowest BCUT2D eigenvalue weighted by molar-refractivity contribution is 0.00578. The first-order chi connectivity index (χ1) is 14.3. The van der Waals surface area contributed by atoms with Crippen molar-refractivity contribution in [2.75, 3.05) is 7.11 Å². The topological polar surface area (TPSA) is 121 Å². The summed E-state index contributed by atoms with van der Waals surface area (Å²) in [5.41, 5.74) is -1.51. The minimum atomic E-state index is -1.63. The van der Waals surface area contributed by atoms with E-state index in [1.54, 1.807) is 4.90 Å². The minimum Gasteiger partial charge on any atom is -0.481 e. The molecule has 2 heterocycles. The van der Waals surface area contributed by atoms with Gasteiger partial charge in [-0.05, 0) is 48.5 Å². The summed E-state index contributed by atoms with van der Waals surface area (Å²) < 4.78 is 18.0. The second kappa shape index (κ2) is 7.95. The number of allylic oxidation sites excluding steroid dienone is 1. The molecule has 2 aliphatic heterocycles. The molecule has 1 saturated heterocycles. The fourth-order valence-corrected chi connectivity index (χ4v) is 3.82. The number of carboxylic acid groups (broad SMARTS) is 2. The molecule has 32 heavy (non-hydrogen) atoms. The van der Waals surface area contributed by atoms with Crippen LogP contribution in [0, 0.1) is 5.41 Å². The predicted molar refractivity (Wildman–Crippen MR) is 120 cm³/mol. The standard InChI is InChI=1S/C21H36BN3O7/c1-18(2,3)12-13(22-31-20(7,8)21(9,10)32-22)23-14(30-11)15(25(12)19(4,5)6)24(16(26)27)17(28)29/h15H,1-11H3,(H,26,27)(H,28,29). The Labute approximate surface area is 190 Å². The van der Waals surface area contributed by atoms with E-state index >= 15 is 0 Å². The molecule has 2 aliphatic rings. The quantitative estimate of drug-likeness (QED) is 0.602. The van der Waals surface area contributed by atoms with Gasteiger partial charge in [0.05, 0.1) is 23.9 Å². The molecule has 0 aromatic rings. The molecule has 2 amide bonds. The Hall–Kier alpha value is -2.27. The summed E-state index contributed by atoms with van der Waals surface area (Å²) in [4.78, 5) is 30.6. The largest absolute Gasteiger partial charge is 0.516 e. The molecule has 1 fully saturated rings. The average molecular weight is 453 g/mol. The van der Waals surface area contributed by atoms with Crippen molar-refractivity contribution in [3.8, 4) is 0 Å². The first-order valence-electron chi connectivity index (χ1n) is 10.5. The van der Waals surface area contributed by atoms with Gasteiger partial charge in [-0.2, -0.15) is 4.90 Å². The predicted octanol–water partition coefficient (Wildman–Crippen LogP) is 4.02. The lowest BCUT2D eigenvalue weighted by Gasteiger charge is -2.51. The molecular weight excluding hydrogens is 417 g/mol. The molecule has 0 saturated carbocycles. The molecule has 180 valence electrons. The van der Waals surface area contributed by atoms with Crippen LogP contribution >= 0.6 is 0 Å². The Balaban J connectivity index is 2.86. The van der Waals surface area contributed by atoms with Gasteiger partial charge in [-0.3, -0.25) is 0 Å². The third-order valence-corrected chi connectivity index (χ3v) is 5.96. The Kier molecular flexibility index (Phi) is 6.46. The Morgan fingerprint density at radius 2 is 1.47 bits per heavy atom. The van der Waals surface area contributed by atoms with Crippen LogP contribution in [0.4, 0.5) is 9.59 Å². The normalized spacial score (nSPS) is 23.2. The smallest absolute Gasteiger partial charge is 0.481 e. The van der Waals surface area contributed by atoms with Gasteiger partial charge in [0, 0.05) is 16.7 Å². The highest BCUT2D eigenvalue weighted by Gasteiger charge is 2.57. The van der Waals surface area contributed by atoms with E-state index in [0.29, 0.717) is 16.2 Å². The minimum absolute atomic E-state index is 0.0811.